The fraction of sp³-hybridized carbons (Fsp3) is 0.211. The van der Waals surface area contributed by atoms with Crippen LogP contribution < -0.4 is 10.1 Å². The average molecular weight is 335 g/mol. The molecule has 6 nitrogen and oxygen atoms in total. The van der Waals surface area contributed by atoms with Crippen LogP contribution in [0.1, 0.15) is 17.5 Å². The van der Waals surface area contributed by atoms with Crippen molar-refractivity contribution in [1.29, 1.82) is 0 Å². The van der Waals surface area contributed by atoms with Crippen LogP contribution in [0.25, 0.3) is 0 Å². The first-order valence-electron chi connectivity index (χ1n) is 8.13. The molecule has 4 rings (SSSR count). The fourth-order valence-electron chi connectivity index (χ4n) is 3.06. The van der Waals surface area contributed by atoms with Crippen LogP contribution in [0.4, 0.5) is 5.69 Å². The van der Waals surface area contributed by atoms with Crippen LogP contribution >= 0.6 is 0 Å². The van der Waals surface area contributed by atoms with Gasteiger partial charge in [0.2, 0.25) is 11.8 Å². The van der Waals surface area contributed by atoms with Crippen molar-refractivity contribution < 1.29 is 14.3 Å². The Morgan fingerprint density at radius 2 is 1.96 bits per heavy atom. The van der Waals surface area contributed by atoms with E-state index in [1.165, 1.54) is 0 Å². The van der Waals surface area contributed by atoms with E-state index in [4.69, 9.17) is 4.74 Å². The Balaban J connectivity index is 1.54. The van der Waals surface area contributed by atoms with Gasteiger partial charge in [0.05, 0.1) is 25.0 Å². The lowest BCUT2D eigenvalue weighted by Gasteiger charge is -2.29. The van der Waals surface area contributed by atoms with Crippen LogP contribution in [0.3, 0.4) is 0 Å². The highest BCUT2D eigenvalue weighted by molar-refractivity contribution is 6.06. The first-order valence-corrected chi connectivity index (χ1v) is 8.13. The number of amides is 2. The lowest BCUT2D eigenvalue weighted by molar-refractivity contribution is -0.125. The molecule has 0 bridgehead atoms. The molecular formula is C19H17N3O3. The monoisotopic (exact) mass is 335 g/mol. The topological polar surface area (TPSA) is 71.0 Å². The summed E-state index contributed by atoms with van der Waals surface area (Å²) < 4.78 is 5.98. The van der Waals surface area contributed by atoms with Crippen LogP contribution in [-0.4, -0.2) is 29.1 Å². The molecule has 1 saturated heterocycles. The Morgan fingerprint density at radius 3 is 2.72 bits per heavy atom. The first-order chi connectivity index (χ1) is 12.2. The maximum absolute atomic E-state index is 11.9. The van der Waals surface area contributed by atoms with Crippen LogP contribution in [0.5, 0.6) is 5.75 Å². The highest BCUT2D eigenvalue weighted by Crippen LogP contribution is 2.34. The molecule has 0 radical (unpaired) electrons. The van der Waals surface area contributed by atoms with Gasteiger partial charge in [-0.3, -0.25) is 14.9 Å². The second-order valence-electron chi connectivity index (χ2n) is 6.08. The Bertz CT molecular complexity index is 848. The second kappa shape index (κ2) is 6.39. The number of nitrogens with one attached hydrogen (secondary N) is 1. The number of hydrogen-bond acceptors (Lipinski definition) is 5. The maximum atomic E-state index is 11.9. The number of ether oxygens (including phenoxy) is 1. The lowest BCUT2D eigenvalue weighted by Crippen LogP contribution is -2.40. The zero-order valence-corrected chi connectivity index (χ0v) is 13.5. The molecule has 2 aliphatic heterocycles. The van der Waals surface area contributed by atoms with E-state index in [1.54, 1.807) is 11.2 Å². The number of imide groups is 1. The van der Waals surface area contributed by atoms with Gasteiger partial charge in [-0.15, -0.1) is 0 Å². The number of benzene rings is 2. The van der Waals surface area contributed by atoms with Gasteiger partial charge in [0.1, 0.15) is 18.4 Å². The van der Waals surface area contributed by atoms with Crippen molar-refractivity contribution in [2.45, 2.75) is 25.6 Å². The van der Waals surface area contributed by atoms with Crippen molar-refractivity contribution in [2.24, 2.45) is 4.99 Å². The summed E-state index contributed by atoms with van der Waals surface area (Å²) in [7, 11) is 0. The predicted molar refractivity (Wildman–Crippen MR) is 92.5 cm³/mol. The molecule has 1 N–H and O–H groups in total. The SMILES string of the molecule is O=C1CC(N2C=Nc3cccc(OCc4ccccc4)c3C2)C(=O)N1. The zero-order valence-electron chi connectivity index (χ0n) is 13.5. The quantitative estimate of drug-likeness (QED) is 0.869. The van der Waals surface area contributed by atoms with Gasteiger partial charge in [0.25, 0.3) is 0 Å². The number of carbonyl (C=O) groups is 2. The van der Waals surface area contributed by atoms with Gasteiger partial charge >= 0.3 is 0 Å². The van der Waals surface area contributed by atoms with E-state index in [0.29, 0.717) is 13.2 Å². The van der Waals surface area contributed by atoms with Crippen molar-refractivity contribution in [2.75, 3.05) is 0 Å². The summed E-state index contributed by atoms with van der Waals surface area (Å²) >= 11 is 0. The molecular weight excluding hydrogens is 318 g/mol. The van der Waals surface area contributed by atoms with Crippen molar-refractivity contribution >= 4 is 23.8 Å². The van der Waals surface area contributed by atoms with E-state index >= 15 is 0 Å². The number of nitrogens with zero attached hydrogens (tertiary/aromatic N) is 2. The summed E-state index contributed by atoms with van der Waals surface area (Å²) in [5, 5.41) is 2.34. The van der Waals surface area contributed by atoms with E-state index in [-0.39, 0.29) is 18.2 Å². The van der Waals surface area contributed by atoms with Crippen molar-refractivity contribution in [1.82, 2.24) is 10.2 Å². The largest absolute Gasteiger partial charge is 0.488 e. The average Bonchev–Trinajstić information content (AvgIpc) is 2.98. The molecule has 2 heterocycles. The summed E-state index contributed by atoms with van der Waals surface area (Å²) in [5.41, 5.74) is 2.83. The standard InChI is InChI=1S/C19H17N3O3/c23-18-9-16(19(24)21-18)22-10-14-15(20-12-22)7-4-8-17(14)25-11-13-5-2-1-3-6-13/h1-8,12,16H,9-11H2,(H,21,23,24). The number of carbonyl (C=O) groups excluding carboxylic acids is 2. The van der Waals surface area contributed by atoms with Gasteiger partial charge in [-0.05, 0) is 17.7 Å². The molecule has 2 aliphatic rings. The van der Waals surface area contributed by atoms with E-state index in [1.807, 2.05) is 48.5 Å². The summed E-state index contributed by atoms with van der Waals surface area (Å²) in [6.45, 7) is 0.943. The van der Waals surface area contributed by atoms with E-state index in [9.17, 15) is 9.59 Å². The highest BCUT2D eigenvalue weighted by atomic mass is 16.5. The highest BCUT2D eigenvalue weighted by Gasteiger charge is 2.36. The number of fused-ring (bicyclic) bond motifs is 1. The van der Waals surface area contributed by atoms with Gasteiger partial charge < -0.3 is 9.64 Å². The van der Waals surface area contributed by atoms with Gasteiger partial charge in [0.15, 0.2) is 0 Å². The smallest absolute Gasteiger partial charge is 0.249 e. The summed E-state index contributed by atoms with van der Waals surface area (Å²) in [6.07, 6.45) is 1.79. The molecule has 0 aliphatic carbocycles. The normalized spacial score (nSPS) is 18.9. The molecule has 0 spiro atoms. The Labute approximate surface area is 145 Å². The van der Waals surface area contributed by atoms with Crippen LogP contribution in [0.2, 0.25) is 0 Å². The second-order valence-corrected chi connectivity index (χ2v) is 6.08. The van der Waals surface area contributed by atoms with Crippen LogP contribution in [-0.2, 0) is 22.7 Å². The molecule has 1 fully saturated rings. The third kappa shape index (κ3) is 3.10. The Morgan fingerprint density at radius 1 is 1.12 bits per heavy atom. The number of hydrogen-bond donors (Lipinski definition) is 1. The van der Waals surface area contributed by atoms with Gasteiger partial charge in [-0.2, -0.15) is 0 Å². The molecule has 2 amide bonds. The number of rotatable bonds is 4. The summed E-state index contributed by atoms with van der Waals surface area (Å²) in [5.74, 6) is 0.221. The minimum atomic E-state index is -0.508. The van der Waals surface area contributed by atoms with Gasteiger partial charge in [0, 0.05) is 5.56 Å². The molecule has 6 heteroatoms. The van der Waals surface area contributed by atoms with Crippen LogP contribution in [0.15, 0.2) is 53.5 Å². The molecule has 2 aromatic carbocycles. The lowest BCUT2D eigenvalue weighted by atomic mass is 10.1. The van der Waals surface area contributed by atoms with Gasteiger partial charge in [-0.1, -0.05) is 36.4 Å². The molecule has 1 atom stereocenters. The van der Waals surface area contributed by atoms with Crippen LogP contribution in [0, 0.1) is 0 Å². The Hall–Kier alpha value is -3.15. The van der Waals surface area contributed by atoms with Gasteiger partial charge in [-0.25, -0.2) is 4.99 Å². The van der Waals surface area contributed by atoms with Crippen molar-refractivity contribution in [3.05, 3.63) is 59.7 Å². The first kappa shape index (κ1) is 15.4. The van der Waals surface area contributed by atoms with E-state index in [0.717, 1.165) is 22.6 Å². The molecule has 0 aromatic heterocycles. The van der Waals surface area contributed by atoms with E-state index < -0.39 is 6.04 Å². The zero-order chi connectivity index (χ0) is 17.2. The van der Waals surface area contributed by atoms with E-state index in [2.05, 4.69) is 10.3 Å². The Kier molecular flexibility index (Phi) is 3.93. The maximum Gasteiger partial charge on any atom is 0.249 e. The number of aliphatic imine (C=N–C) groups is 1. The third-order valence-electron chi connectivity index (χ3n) is 4.38. The predicted octanol–water partition coefficient (Wildman–Crippen LogP) is 2.16. The summed E-state index contributed by atoms with van der Waals surface area (Å²) in [4.78, 5) is 29.6. The molecule has 1 unspecified atom stereocenters. The molecule has 0 saturated carbocycles. The fourth-order valence-corrected chi connectivity index (χ4v) is 3.06. The molecule has 126 valence electrons. The van der Waals surface area contributed by atoms with Crippen molar-refractivity contribution in [3.8, 4) is 5.75 Å². The van der Waals surface area contributed by atoms with Crippen molar-refractivity contribution in [3.63, 3.8) is 0 Å². The minimum Gasteiger partial charge on any atom is -0.488 e. The third-order valence-corrected chi connectivity index (χ3v) is 4.38. The molecule has 25 heavy (non-hydrogen) atoms. The minimum absolute atomic E-state index is 0.160. The summed E-state index contributed by atoms with van der Waals surface area (Å²) in [6, 6.07) is 15.1. The molecule has 2 aromatic rings.